The lowest BCUT2D eigenvalue weighted by molar-refractivity contribution is -0.115. The molecule has 3 heterocycles. The highest BCUT2D eigenvalue weighted by Crippen LogP contribution is 2.33. The number of nitrogens with zero attached hydrogens (tertiary/aromatic N) is 1. The van der Waals surface area contributed by atoms with Gasteiger partial charge < -0.3 is 15.5 Å². The molecule has 3 aromatic rings. The average Bonchev–Trinajstić information content (AvgIpc) is 3.12. The number of aromatic nitrogens is 1. The van der Waals surface area contributed by atoms with Crippen molar-refractivity contribution < 1.29 is 9.21 Å². The van der Waals surface area contributed by atoms with Gasteiger partial charge in [-0.15, -0.1) is 0 Å². The summed E-state index contributed by atoms with van der Waals surface area (Å²) in [6, 6.07) is 7.68. The standard InChI is InChI=1S/C18H13N3O2S2/c1-9-4-10(2-3-14(9)19)13-8-20-7-11-5-12(23-16(11)13)6-15-17(22)21-18(24)25-15/h2-8H,19H2,1H3,(H,21,22,24)/b15-6+. The van der Waals surface area contributed by atoms with Gasteiger partial charge in [-0.05, 0) is 36.2 Å². The SMILES string of the molecule is Cc1cc(-c2cncc3cc(/C=C4/SC(=S)NC4=O)oc23)ccc1N. The summed E-state index contributed by atoms with van der Waals surface area (Å²) in [6.45, 7) is 1.96. The second-order valence-electron chi connectivity index (χ2n) is 5.68. The van der Waals surface area contributed by atoms with E-state index in [4.69, 9.17) is 22.4 Å². The highest BCUT2D eigenvalue weighted by molar-refractivity contribution is 8.26. The molecule has 1 amide bonds. The lowest BCUT2D eigenvalue weighted by atomic mass is 10.0. The number of hydrogen-bond acceptors (Lipinski definition) is 6. The smallest absolute Gasteiger partial charge is 0.263 e. The number of carbonyl (C=O) groups excluding carboxylic acids is 1. The Morgan fingerprint density at radius 1 is 1.32 bits per heavy atom. The molecule has 1 saturated heterocycles. The topological polar surface area (TPSA) is 81.2 Å². The Kier molecular flexibility index (Phi) is 3.82. The van der Waals surface area contributed by atoms with Crippen molar-refractivity contribution in [3.63, 3.8) is 0 Å². The second kappa shape index (κ2) is 6.02. The number of benzene rings is 1. The first-order valence-corrected chi connectivity index (χ1v) is 8.72. The van der Waals surface area contributed by atoms with Crippen LogP contribution in [0.4, 0.5) is 5.69 Å². The van der Waals surface area contributed by atoms with Crippen molar-refractivity contribution in [3.05, 3.63) is 52.9 Å². The van der Waals surface area contributed by atoms with Gasteiger partial charge in [0, 0.05) is 35.1 Å². The van der Waals surface area contributed by atoms with Crippen molar-refractivity contribution in [1.29, 1.82) is 0 Å². The molecule has 3 N–H and O–H groups in total. The van der Waals surface area contributed by atoms with E-state index in [1.54, 1.807) is 18.5 Å². The van der Waals surface area contributed by atoms with Gasteiger partial charge in [-0.25, -0.2) is 0 Å². The molecular weight excluding hydrogens is 354 g/mol. The first-order chi connectivity index (χ1) is 12.0. The fraction of sp³-hybridized carbons (Fsp3) is 0.0556. The third kappa shape index (κ3) is 2.92. The number of fused-ring (bicyclic) bond motifs is 1. The number of hydrogen-bond donors (Lipinski definition) is 2. The summed E-state index contributed by atoms with van der Waals surface area (Å²) < 4.78 is 6.44. The van der Waals surface area contributed by atoms with E-state index < -0.39 is 0 Å². The lowest BCUT2D eigenvalue weighted by Gasteiger charge is -2.05. The van der Waals surface area contributed by atoms with Gasteiger partial charge in [0.25, 0.3) is 5.91 Å². The average molecular weight is 367 g/mol. The summed E-state index contributed by atoms with van der Waals surface area (Å²) in [6.07, 6.45) is 5.19. The Bertz CT molecular complexity index is 1070. The third-order valence-electron chi connectivity index (χ3n) is 3.94. The van der Waals surface area contributed by atoms with Gasteiger partial charge in [0.15, 0.2) is 0 Å². The Morgan fingerprint density at radius 3 is 2.88 bits per heavy atom. The molecule has 25 heavy (non-hydrogen) atoms. The van der Waals surface area contributed by atoms with E-state index in [0.29, 0.717) is 15.0 Å². The number of nitrogens with one attached hydrogen (secondary N) is 1. The fourth-order valence-corrected chi connectivity index (χ4v) is 3.68. The molecule has 0 unspecified atom stereocenters. The summed E-state index contributed by atoms with van der Waals surface area (Å²) in [5.74, 6) is 0.377. The number of nitrogen functional groups attached to an aromatic ring is 1. The van der Waals surface area contributed by atoms with E-state index >= 15 is 0 Å². The normalized spacial score (nSPS) is 16.0. The van der Waals surface area contributed by atoms with Crippen LogP contribution in [-0.2, 0) is 4.79 Å². The Morgan fingerprint density at radius 2 is 2.16 bits per heavy atom. The van der Waals surface area contributed by atoms with Crippen LogP contribution in [0.1, 0.15) is 11.3 Å². The largest absolute Gasteiger partial charge is 0.456 e. The molecule has 2 aromatic heterocycles. The number of carbonyl (C=O) groups is 1. The molecule has 5 nitrogen and oxygen atoms in total. The van der Waals surface area contributed by atoms with Gasteiger partial charge in [0.05, 0.1) is 4.91 Å². The van der Waals surface area contributed by atoms with Crippen molar-refractivity contribution in [2.75, 3.05) is 5.73 Å². The van der Waals surface area contributed by atoms with Gasteiger partial charge >= 0.3 is 0 Å². The minimum Gasteiger partial charge on any atom is -0.456 e. The molecule has 4 rings (SSSR count). The van der Waals surface area contributed by atoms with Crippen molar-refractivity contribution in [2.45, 2.75) is 6.92 Å². The number of thiocarbonyl (C=S) groups is 1. The number of anilines is 1. The maximum absolute atomic E-state index is 11.8. The zero-order valence-corrected chi connectivity index (χ0v) is 14.8. The number of furan rings is 1. The van der Waals surface area contributed by atoms with E-state index in [1.165, 1.54) is 11.8 Å². The summed E-state index contributed by atoms with van der Waals surface area (Å²) in [4.78, 5) is 16.6. The molecule has 7 heteroatoms. The van der Waals surface area contributed by atoms with Crippen LogP contribution in [0.25, 0.3) is 28.2 Å². The van der Waals surface area contributed by atoms with E-state index in [1.807, 2.05) is 31.2 Å². The minimum absolute atomic E-state index is 0.206. The number of pyridine rings is 1. The monoisotopic (exact) mass is 367 g/mol. The summed E-state index contributed by atoms with van der Waals surface area (Å²) in [5.41, 5.74) is 10.2. The van der Waals surface area contributed by atoms with Gasteiger partial charge in [-0.1, -0.05) is 30.0 Å². The summed E-state index contributed by atoms with van der Waals surface area (Å²) >= 11 is 6.23. The highest BCUT2D eigenvalue weighted by atomic mass is 32.2. The maximum Gasteiger partial charge on any atom is 0.263 e. The molecule has 0 atom stereocenters. The van der Waals surface area contributed by atoms with Crippen LogP contribution in [0.5, 0.6) is 0 Å². The molecule has 1 aromatic carbocycles. The predicted molar refractivity (Wildman–Crippen MR) is 105 cm³/mol. The molecule has 0 radical (unpaired) electrons. The number of rotatable bonds is 2. The lowest BCUT2D eigenvalue weighted by Crippen LogP contribution is -2.17. The summed E-state index contributed by atoms with van der Waals surface area (Å²) in [7, 11) is 0. The quantitative estimate of drug-likeness (QED) is 0.406. The first-order valence-electron chi connectivity index (χ1n) is 7.50. The second-order valence-corrected chi connectivity index (χ2v) is 7.40. The van der Waals surface area contributed by atoms with Crippen molar-refractivity contribution in [1.82, 2.24) is 10.3 Å². The molecule has 124 valence electrons. The number of aryl methyl sites for hydroxylation is 1. The van der Waals surface area contributed by atoms with Gasteiger partial charge in [0.1, 0.15) is 15.7 Å². The van der Waals surface area contributed by atoms with Crippen LogP contribution in [0.2, 0.25) is 0 Å². The molecule has 1 aliphatic heterocycles. The highest BCUT2D eigenvalue weighted by Gasteiger charge is 2.22. The number of nitrogens with two attached hydrogens (primary N) is 1. The van der Waals surface area contributed by atoms with Crippen molar-refractivity contribution in [2.24, 2.45) is 0 Å². The Balaban J connectivity index is 1.81. The molecule has 0 saturated carbocycles. The zero-order valence-electron chi connectivity index (χ0n) is 13.2. The van der Waals surface area contributed by atoms with Crippen LogP contribution >= 0.6 is 24.0 Å². The van der Waals surface area contributed by atoms with E-state index in [0.717, 1.165) is 33.3 Å². The minimum atomic E-state index is -0.206. The number of thioether (sulfide) groups is 1. The predicted octanol–water partition coefficient (Wildman–Crippen LogP) is 3.87. The molecule has 1 fully saturated rings. The van der Waals surface area contributed by atoms with Crippen LogP contribution in [0.15, 0.2) is 46.0 Å². The van der Waals surface area contributed by atoms with Gasteiger partial charge in [-0.2, -0.15) is 0 Å². The van der Waals surface area contributed by atoms with Crippen LogP contribution in [-0.4, -0.2) is 15.2 Å². The molecule has 1 aliphatic rings. The van der Waals surface area contributed by atoms with Crippen LogP contribution in [0, 0.1) is 6.92 Å². The molecule has 0 aliphatic carbocycles. The van der Waals surface area contributed by atoms with Gasteiger partial charge in [0.2, 0.25) is 0 Å². The van der Waals surface area contributed by atoms with Crippen molar-refractivity contribution in [3.8, 4) is 11.1 Å². The zero-order chi connectivity index (χ0) is 17.6. The third-order valence-corrected chi connectivity index (χ3v) is 5.10. The number of amides is 1. The van der Waals surface area contributed by atoms with Crippen LogP contribution < -0.4 is 11.1 Å². The van der Waals surface area contributed by atoms with Gasteiger partial charge in [-0.3, -0.25) is 9.78 Å². The molecule has 0 spiro atoms. The molecular formula is C18H13N3O2S2. The van der Waals surface area contributed by atoms with E-state index in [9.17, 15) is 4.79 Å². The summed E-state index contributed by atoms with van der Waals surface area (Å²) in [5, 5.41) is 3.46. The first kappa shape index (κ1) is 15.9. The van der Waals surface area contributed by atoms with Crippen LogP contribution in [0.3, 0.4) is 0 Å². The van der Waals surface area contributed by atoms with E-state index in [-0.39, 0.29) is 5.91 Å². The van der Waals surface area contributed by atoms with E-state index in [2.05, 4.69) is 10.3 Å². The van der Waals surface area contributed by atoms with Crippen molar-refractivity contribution >= 4 is 56.9 Å². The Labute approximate surface area is 153 Å². The molecule has 0 bridgehead atoms. The Hall–Kier alpha value is -2.64. The fourth-order valence-electron chi connectivity index (χ4n) is 2.65. The maximum atomic E-state index is 11.8.